The van der Waals surface area contributed by atoms with E-state index in [9.17, 15) is 14.4 Å². The number of nitrogens with zero attached hydrogens (tertiary/aromatic N) is 1. The lowest BCUT2D eigenvalue weighted by Gasteiger charge is -2.10. The van der Waals surface area contributed by atoms with Gasteiger partial charge in [-0.1, -0.05) is 15.9 Å². The molecule has 0 aliphatic heterocycles. The highest BCUT2D eigenvalue weighted by molar-refractivity contribution is 9.10. The van der Waals surface area contributed by atoms with Gasteiger partial charge in [-0.2, -0.15) is 5.10 Å². The number of nitrogens with one attached hydrogen (secondary N) is 2. The van der Waals surface area contributed by atoms with Gasteiger partial charge in [0.15, 0.2) is 11.5 Å². The Labute approximate surface area is 210 Å². The number of anilines is 1. The second-order valence-electron chi connectivity index (χ2n) is 6.92. The van der Waals surface area contributed by atoms with Crippen LogP contribution >= 0.6 is 15.9 Å². The maximum absolute atomic E-state index is 12.5. The van der Waals surface area contributed by atoms with E-state index in [1.807, 2.05) is 6.92 Å². The molecule has 3 aromatic carbocycles. The summed E-state index contributed by atoms with van der Waals surface area (Å²) >= 11 is 3.29. The SMILES string of the molecule is CCOc1ccc(C(=O)Oc2ccc(/C=N\NC(=O)C(=O)Nc3ccc(Br)cc3)cc2OC)cc1. The fourth-order valence-corrected chi connectivity index (χ4v) is 3.06. The third kappa shape index (κ3) is 7.41. The van der Waals surface area contributed by atoms with Gasteiger partial charge in [0.25, 0.3) is 0 Å². The molecule has 0 aliphatic carbocycles. The van der Waals surface area contributed by atoms with Crippen LogP contribution in [0.4, 0.5) is 5.69 Å². The summed E-state index contributed by atoms with van der Waals surface area (Å²) in [5.41, 5.74) is 3.51. The van der Waals surface area contributed by atoms with Gasteiger partial charge in [0.05, 0.1) is 25.5 Å². The standard InChI is InChI=1S/C25H22BrN3O6/c1-3-34-20-11-5-17(6-12-20)25(32)35-21-13-4-16(14-22(21)33-2)15-27-29-24(31)23(30)28-19-9-7-18(26)8-10-19/h4-15H,3H2,1-2H3,(H,28,30)(H,29,31)/b27-15-. The number of rotatable bonds is 8. The first-order valence-electron chi connectivity index (χ1n) is 10.4. The van der Waals surface area contributed by atoms with Gasteiger partial charge >= 0.3 is 17.8 Å². The van der Waals surface area contributed by atoms with Crippen LogP contribution in [-0.4, -0.2) is 37.7 Å². The predicted octanol–water partition coefficient (Wildman–Crippen LogP) is 4.16. The number of esters is 1. The molecule has 0 fully saturated rings. The average molecular weight is 540 g/mol. The van der Waals surface area contributed by atoms with Crippen LogP contribution in [0.5, 0.6) is 17.2 Å². The highest BCUT2D eigenvalue weighted by Gasteiger charge is 2.14. The predicted molar refractivity (Wildman–Crippen MR) is 134 cm³/mol. The molecule has 0 aliphatic rings. The summed E-state index contributed by atoms with van der Waals surface area (Å²) in [6.07, 6.45) is 1.32. The van der Waals surface area contributed by atoms with Gasteiger partial charge in [-0.25, -0.2) is 10.2 Å². The van der Waals surface area contributed by atoms with Crippen molar-refractivity contribution < 1.29 is 28.6 Å². The number of halogens is 1. The van der Waals surface area contributed by atoms with Gasteiger partial charge in [-0.05, 0) is 79.2 Å². The van der Waals surface area contributed by atoms with Crippen molar-refractivity contribution in [2.45, 2.75) is 6.92 Å². The van der Waals surface area contributed by atoms with Crippen LogP contribution in [0.2, 0.25) is 0 Å². The zero-order valence-corrected chi connectivity index (χ0v) is 20.5. The molecule has 0 bridgehead atoms. The molecule has 2 amide bonds. The minimum Gasteiger partial charge on any atom is -0.494 e. The number of hydrogen-bond donors (Lipinski definition) is 2. The molecule has 0 heterocycles. The summed E-state index contributed by atoms with van der Waals surface area (Å²) in [6.45, 7) is 2.40. The van der Waals surface area contributed by atoms with Gasteiger partial charge < -0.3 is 19.5 Å². The summed E-state index contributed by atoms with van der Waals surface area (Å²) in [5, 5.41) is 6.25. The quantitative estimate of drug-likeness (QED) is 0.146. The maximum Gasteiger partial charge on any atom is 0.343 e. The van der Waals surface area contributed by atoms with E-state index in [4.69, 9.17) is 14.2 Å². The van der Waals surface area contributed by atoms with Crippen LogP contribution in [0.3, 0.4) is 0 Å². The van der Waals surface area contributed by atoms with E-state index in [2.05, 4.69) is 31.8 Å². The second-order valence-corrected chi connectivity index (χ2v) is 7.83. The maximum atomic E-state index is 12.5. The zero-order chi connectivity index (χ0) is 25.2. The minimum absolute atomic E-state index is 0.210. The molecule has 3 aromatic rings. The summed E-state index contributed by atoms with van der Waals surface area (Å²) in [5.74, 6) is -1.20. The Balaban J connectivity index is 1.58. The summed E-state index contributed by atoms with van der Waals surface area (Å²) in [4.78, 5) is 36.4. The normalized spacial score (nSPS) is 10.5. The first-order chi connectivity index (χ1) is 16.9. The zero-order valence-electron chi connectivity index (χ0n) is 18.9. The van der Waals surface area contributed by atoms with Gasteiger partial charge in [0.2, 0.25) is 0 Å². The van der Waals surface area contributed by atoms with E-state index < -0.39 is 17.8 Å². The molecule has 10 heteroatoms. The van der Waals surface area contributed by atoms with E-state index in [-0.39, 0.29) is 11.5 Å². The molecule has 2 N–H and O–H groups in total. The highest BCUT2D eigenvalue weighted by Crippen LogP contribution is 2.28. The van der Waals surface area contributed by atoms with E-state index in [0.717, 1.165) is 4.47 Å². The summed E-state index contributed by atoms with van der Waals surface area (Å²) in [6, 6.07) is 18.1. The molecule has 0 saturated heterocycles. The fourth-order valence-electron chi connectivity index (χ4n) is 2.80. The molecule has 0 aromatic heterocycles. The van der Waals surface area contributed by atoms with Crippen molar-refractivity contribution in [3.63, 3.8) is 0 Å². The third-order valence-electron chi connectivity index (χ3n) is 4.48. The number of hydrazone groups is 1. The number of hydrogen-bond acceptors (Lipinski definition) is 7. The minimum atomic E-state index is -0.933. The van der Waals surface area contributed by atoms with Crippen molar-refractivity contribution in [1.82, 2.24) is 5.43 Å². The second kappa shape index (κ2) is 12.3. The molecule has 3 rings (SSSR count). The van der Waals surface area contributed by atoms with E-state index in [1.165, 1.54) is 19.4 Å². The van der Waals surface area contributed by atoms with Crippen LogP contribution in [-0.2, 0) is 9.59 Å². The van der Waals surface area contributed by atoms with Crippen molar-refractivity contribution in [1.29, 1.82) is 0 Å². The smallest absolute Gasteiger partial charge is 0.343 e. The number of carbonyl (C=O) groups excluding carboxylic acids is 3. The number of ether oxygens (including phenoxy) is 3. The van der Waals surface area contributed by atoms with Gasteiger partial charge in [-0.3, -0.25) is 9.59 Å². The molecule has 180 valence electrons. The highest BCUT2D eigenvalue weighted by atomic mass is 79.9. The molecular formula is C25H22BrN3O6. The molecular weight excluding hydrogens is 518 g/mol. The molecule has 0 spiro atoms. The molecule has 0 atom stereocenters. The Bertz CT molecular complexity index is 1230. The number of amides is 2. The number of carbonyl (C=O) groups is 3. The lowest BCUT2D eigenvalue weighted by Crippen LogP contribution is -2.32. The molecule has 0 radical (unpaired) electrons. The molecule has 35 heavy (non-hydrogen) atoms. The van der Waals surface area contributed by atoms with Crippen molar-refractivity contribution in [3.05, 3.63) is 82.3 Å². The van der Waals surface area contributed by atoms with E-state index in [0.29, 0.717) is 29.2 Å². The van der Waals surface area contributed by atoms with Crippen LogP contribution in [0.15, 0.2) is 76.3 Å². The Morgan fingerprint density at radius 2 is 1.66 bits per heavy atom. The summed E-state index contributed by atoms with van der Waals surface area (Å²) in [7, 11) is 1.43. The monoisotopic (exact) mass is 539 g/mol. The average Bonchev–Trinajstić information content (AvgIpc) is 2.86. The van der Waals surface area contributed by atoms with Crippen LogP contribution in [0, 0.1) is 0 Å². The number of benzene rings is 3. The van der Waals surface area contributed by atoms with Gasteiger partial charge in [-0.15, -0.1) is 0 Å². The van der Waals surface area contributed by atoms with Crippen LogP contribution in [0.25, 0.3) is 0 Å². The Hall–Kier alpha value is -4.18. The first kappa shape index (κ1) is 25.4. The lowest BCUT2D eigenvalue weighted by molar-refractivity contribution is -0.136. The van der Waals surface area contributed by atoms with Crippen molar-refractivity contribution in [2.75, 3.05) is 19.0 Å². The largest absolute Gasteiger partial charge is 0.494 e. The number of methoxy groups -OCH3 is 1. The van der Waals surface area contributed by atoms with Gasteiger partial charge in [0.1, 0.15) is 5.75 Å². The topological polar surface area (TPSA) is 115 Å². The molecule has 0 unspecified atom stereocenters. The van der Waals surface area contributed by atoms with E-state index >= 15 is 0 Å². The van der Waals surface area contributed by atoms with Gasteiger partial charge in [0, 0.05) is 10.2 Å². The fraction of sp³-hybridized carbons (Fsp3) is 0.120. The molecule has 9 nitrogen and oxygen atoms in total. The third-order valence-corrected chi connectivity index (χ3v) is 5.01. The molecule has 0 saturated carbocycles. The summed E-state index contributed by atoms with van der Waals surface area (Å²) < 4.78 is 17.0. The Kier molecular flexibility index (Phi) is 8.96. The van der Waals surface area contributed by atoms with E-state index in [1.54, 1.807) is 60.7 Å². The van der Waals surface area contributed by atoms with Crippen LogP contribution in [0.1, 0.15) is 22.8 Å². The van der Waals surface area contributed by atoms with Crippen molar-refractivity contribution in [3.8, 4) is 17.2 Å². The van der Waals surface area contributed by atoms with Crippen molar-refractivity contribution >= 4 is 45.6 Å². The first-order valence-corrected chi connectivity index (χ1v) is 11.2. The Morgan fingerprint density at radius 1 is 0.943 bits per heavy atom. The van der Waals surface area contributed by atoms with Crippen LogP contribution < -0.4 is 25.0 Å². The van der Waals surface area contributed by atoms with Crippen molar-refractivity contribution in [2.24, 2.45) is 5.10 Å². The Morgan fingerprint density at radius 3 is 2.31 bits per heavy atom. The lowest BCUT2D eigenvalue weighted by atomic mass is 10.2.